The van der Waals surface area contributed by atoms with Crippen LogP contribution in [0.1, 0.15) is 0 Å². The highest BCUT2D eigenvalue weighted by molar-refractivity contribution is 5.58. The number of para-hydroxylation sites is 2. The van der Waals surface area contributed by atoms with Crippen molar-refractivity contribution in [3.63, 3.8) is 0 Å². The number of hydrogen-bond acceptors (Lipinski definition) is 2. The van der Waals surface area contributed by atoms with Crippen LogP contribution in [0, 0.1) is 0 Å². The van der Waals surface area contributed by atoms with E-state index in [-0.39, 0.29) is 0 Å². The monoisotopic (exact) mass is 251 g/mol. The molecule has 0 aromatic heterocycles. The van der Waals surface area contributed by atoms with Crippen LogP contribution in [0.15, 0.2) is 85.2 Å². The fraction of sp³-hybridized carbons (Fsp3) is 0.0588. The van der Waals surface area contributed by atoms with Crippen molar-refractivity contribution in [2.75, 3.05) is 11.9 Å². The summed E-state index contributed by atoms with van der Waals surface area (Å²) in [6.45, 7) is 0.733. The van der Waals surface area contributed by atoms with E-state index < -0.39 is 0 Å². The molecule has 0 bridgehead atoms. The van der Waals surface area contributed by atoms with Gasteiger partial charge in [-0.2, -0.15) is 0 Å². The Morgan fingerprint density at radius 2 is 1.32 bits per heavy atom. The van der Waals surface area contributed by atoms with E-state index >= 15 is 0 Å². The molecule has 19 heavy (non-hydrogen) atoms. The fourth-order valence-corrected chi connectivity index (χ4v) is 1.56. The molecule has 0 atom stereocenters. The van der Waals surface area contributed by atoms with E-state index in [0.29, 0.717) is 0 Å². The summed E-state index contributed by atoms with van der Waals surface area (Å²) >= 11 is 0. The zero-order valence-corrected chi connectivity index (χ0v) is 10.7. The molecule has 0 spiro atoms. The molecule has 0 saturated carbocycles. The van der Waals surface area contributed by atoms with Crippen LogP contribution in [-0.2, 0) is 4.74 Å². The average molecular weight is 251 g/mol. The zero-order chi connectivity index (χ0) is 13.2. The van der Waals surface area contributed by atoms with Crippen LogP contribution in [0.5, 0.6) is 0 Å². The van der Waals surface area contributed by atoms with E-state index in [1.54, 1.807) is 6.26 Å². The van der Waals surface area contributed by atoms with Gasteiger partial charge in [0, 0.05) is 11.4 Å². The summed E-state index contributed by atoms with van der Waals surface area (Å²) in [5.41, 5.74) is 2.24. The van der Waals surface area contributed by atoms with Gasteiger partial charge >= 0.3 is 0 Å². The Labute approximate surface area is 114 Å². The zero-order valence-electron chi connectivity index (χ0n) is 10.7. The van der Waals surface area contributed by atoms with Crippen molar-refractivity contribution < 1.29 is 4.74 Å². The number of ether oxygens (including phenoxy) is 1. The molecule has 1 aliphatic heterocycles. The van der Waals surface area contributed by atoms with Gasteiger partial charge in [0.25, 0.3) is 0 Å². The van der Waals surface area contributed by atoms with E-state index in [1.807, 2.05) is 78.9 Å². The molecule has 2 aromatic rings. The minimum atomic E-state index is 0.733. The summed E-state index contributed by atoms with van der Waals surface area (Å²) < 4.78 is 4.80. The fourth-order valence-electron chi connectivity index (χ4n) is 1.56. The molecule has 0 aliphatic carbocycles. The van der Waals surface area contributed by atoms with E-state index in [9.17, 15) is 0 Å². The predicted octanol–water partition coefficient (Wildman–Crippen LogP) is 4.52. The maximum absolute atomic E-state index is 4.80. The molecule has 0 fully saturated rings. The van der Waals surface area contributed by atoms with Crippen LogP contribution in [-0.4, -0.2) is 6.61 Å². The molecule has 96 valence electrons. The van der Waals surface area contributed by atoms with Crippen molar-refractivity contribution in [2.45, 2.75) is 0 Å². The Hall–Kier alpha value is -2.48. The lowest BCUT2D eigenvalue weighted by atomic mass is 10.3. The number of nitrogens with one attached hydrogen (secondary N) is 1. The summed E-state index contributed by atoms with van der Waals surface area (Å²) in [7, 11) is 0. The summed E-state index contributed by atoms with van der Waals surface area (Å²) in [6.07, 6.45) is 7.47. The highest BCUT2D eigenvalue weighted by Gasteiger charge is 1.89. The second kappa shape index (κ2) is 7.77. The number of anilines is 2. The van der Waals surface area contributed by atoms with E-state index in [1.165, 1.54) is 0 Å². The Morgan fingerprint density at radius 3 is 1.63 bits per heavy atom. The Bertz CT molecular complexity index is 468. The quantitative estimate of drug-likeness (QED) is 0.847. The highest BCUT2D eigenvalue weighted by atomic mass is 16.5. The minimum Gasteiger partial charge on any atom is -0.497 e. The molecule has 1 heterocycles. The number of benzene rings is 2. The molecule has 0 unspecified atom stereocenters. The smallest absolute Gasteiger partial charge is 0.106 e. The normalized spacial score (nSPS) is 12.0. The number of hydrogen-bond donors (Lipinski definition) is 1. The van der Waals surface area contributed by atoms with Crippen molar-refractivity contribution in [1.82, 2.24) is 0 Å². The third-order valence-electron chi connectivity index (χ3n) is 2.45. The molecule has 0 radical (unpaired) electrons. The maximum Gasteiger partial charge on any atom is 0.106 e. The average Bonchev–Trinajstić information content (AvgIpc) is 2.52. The van der Waals surface area contributed by atoms with E-state index in [0.717, 1.165) is 18.0 Å². The summed E-state index contributed by atoms with van der Waals surface area (Å²) in [6, 6.07) is 20.3. The van der Waals surface area contributed by atoms with Gasteiger partial charge in [-0.3, -0.25) is 0 Å². The third kappa shape index (κ3) is 5.13. The largest absolute Gasteiger partial charge is 0.497 e. The first kappa shape index (κ1) is 13.0. The minimum absolute atomic E-state index is 0.733. The van der Waals surface area contributed by atoms with Gasteiger partial charge in [0.15, 0.2) is 0 Å². The molecular weight excluding hydrogens is 234 g/mol. The summed E-state index contributed by atoms with van der Waals surface area (Å²) in [5.74, 6) is 0. The van der Waals surface area contributed by atoms with Gasteiger partial charge in [0.1, 0.15) is 6.61 Å². The van der Waals surface area contributed by atoms with Crippen LogP contribution < -0.4 is 5.32 Å². The van der Waals surface area contributed by atoms with Gasteiger partial charge in [-0.25, -0.2) is 0 Å². The molecule has 0 amide bonds. The van der Waals surface area contributed by atoms with Gasteiger partial charge in [-0.05, 0) is 36.4 Å². The molecule has 3 rings (SSSR count). The second-order valence-electron chi connectivity index (χ2n) is 3.95. The lowest BCUT2D eigenvalue weighted by molar-refractivity contribution is 0.286. The van der Waals surface area contributed by atoms with Gasteiger partial charge in [-0.1, -0.05) is 42.5 Å². The SMILES string of the molecule is C1=CCOC=C1.c1ccc(Nc2ccccc2)cc1. The van der Waals surface area contributed by atoms with Crippen LogP contribution in [0.2, 0.25) is 0 Å². The van der Waals surface area contributed by atoms with Crippen LogP contribution in [0.3, 0.4) is 0 Å². The first-order valence-corrected chi connectivity index (χ1v) is 6.25. The molecule has 2 nitrogen and oxygen atoms in total. The molecule has 2 aromatic carbocycles. The lowest BCUT2D eigenvalue weighted by Crippen LogP contribution is -1.87. The number of rotatable bonds is 2. The van der Waals surface area contributed by atoms with Crippen LogP contribution in [0.4, 0.5) is 11.4 Å². The molecule has 0 saturated heterocycles. The first-order valence-electron chi connectivity index (χ1n) is 6.25. The van der Waals surface area contributed by atoms with Crippen molar-refractivity contribution >= 4 is 11.4 Å². The second-order valence-corrected chi connectivity index (χ2v) is 3.95. The third-order valence-corrected chi connectivity index (χ3v) is 2.45. The van der Waals surface area contributed by atoms with Gasteiger partial charge in [-0.15, -0.1) is 0 Å². The van der Waals surface area contributed by atoms with Crippen molar-refractivity contribution in [2.24, 2.45) is 0 Å². The Morgan fingerprint density at radius 1 is 0.737 bits per heavy atom. The van der Waals surface area contributed by atoms with Gasteiger partial charge in [0.2, 0.25) is 0 Å². The van der Waals surface area contributed by atoms with E-state index in [2.05, 4.69) is 5.32 Å². The number of allylic oxidation sites excluding steroid dienone is 2. The van der Waals surface area contributed by atoms with Crippen LogP contribution in [0.25, 0.3) is 0 Å². The van der Waals surface area contributed by atoms with Crippen molar-refractivity contribution in [1.29, 1.82) is 0 Å². The van der Waals surface area contributed by atoms with Crippen LogP contribution >= 0.6 is 0 Å². The van der Waals surface area contributed by atoms with Gasteiger partial charge < -0.3 is 10.1 Å². The standard InChI is InChI=1S/C12H11N.C5H6O/c1-3-7-11(8-4-1)13-12-9-5-2-6-10-12;1-2-4-6-5-3-1/h1-10,13H;1-4H,5H2. The lowest BCUT2D eigenvalue weighted by Gasteiger charge is -2.04. The highest BCUT2D eigenvalue weighted by Crippen LogP contribution is 2.14. The van der Waals surface area contributed by atoms with Crippen molar-refractivity contribution in [3.05, 3.63) is 85.2 Å². The predicted molar refractivity (Wildman–Crippen MR) is 80.4 cm³/mol. The molecule has 1 aliphatic rings. The van der Waals surface area contributed by atoms with Crippen molar-refractivity contribution in [3.8, 4) is 0 Å². The molecular formula is C17H17NO. The topological polar surface area (TPSA) is 21.3 Å². The summed E-state index contributed by atoms with van der Waals surface area (Å²) in [4.78, 5) is 0. The molecule has 1 N–H and O–H groups in total. The van der Waals surface area contributed by atoms with Gasteiger partial charge in [0.05, 0.1) is 6.26 Å². The Kier molecular flexibility index (Phi) is 5.30. The maximum atomic E-state index is 4.80. The molecule has 2 heteroatoms. The van der Waals surface area contributed by atoms with E-state index in [4.69, 9.17) is 4.74 Å². The first-order chi connectivity index (χ1) is 9.45. The summed E-state index contributed by atoms with van der Waals surface area (Å²) in [5, 5.41) is 3.30. The Balaban J connectivity index is 0.000000186.